The highest BCUT2D eigenvalue weighted by molar-refractivity contribution is 7.83. The van der Waals surface area contributed by atoms with E-state index in [0.29, 0.717) is 0 Å². The third kappa shape index (κ3) is 2.26. The Morgan fingerprint density at radius 1 is 1.56 bits per heavy atom. The summed E-state index contributed by atoms with van der Waals surface area (Å²) in [6.07, 6.45) is 0. The van der Waals surface area contributed by atoms with Crippen molar-refractivity contribution >= 4 is 16.3 Å². The summed E-state index contributed by atoms with van der Waals surface area (Å²) in [5.74, 6) is 4.41. The molecule has 54 valence electrons. The molecule has 7 nitrogen and oxygen atoms in total. The van der Waals surface area contributed by atoms with Gasteiger partial charge in [0.05, 0.1) is 0 Å². The molecule has 0 atom stereocenters. The van der Waals surface area contributed by atoms with Crippen molar-refractivity contribution in [2.24, 2.45) is 11.6 Å². The third-order valence-corrected chi connectivity index (χ3v) is 1.14. The Bertz CT molecular complexity index is 206. The second-order valence-corrected chi connectivity index (χ2v) is 2.40. The molecule has 0 aliphatic heterocycles. The van der Waals surface area contributed by atoms with Crippen molar-refractivity contribution in [1.82, 2.24) is 4.41 Å². The SMILES string of the molecule is NC(=O)N(N)S(=O)(=O)O. The lowest BCUT2D eigenvalue weighted by atomic mass is 11.2. The molecule has 0 saturated heterocycles. The molecule has 0 spiro atoms. The van der Waals surface area contributed by atoms with Crippen LogP contribution in [0.25, 0.3) is 0 Å². The summed E-state index contributed by atoms with van der Waals surface area (Å²) < 4.78 is 27.1. The Labute approximate surface area is 51.1 Å². The molecule has 0 aromatic carbocycles. The molecule has 0 aromatic rings. The van der Waals surface area contributed by atoms with Gasteiger partial charge >= 0.3 is 16.3 Å². The maximum absolute atomic E-state index is 9.83. The van der Waals surface area contributed by atoms with Gasteiger partial charge in [0.2, 0.25) is 0 Å². The van der Waals surface area contributed by atoms with Gasteiger partial charge in [0.15, 0.2) is 0 Å². The van der Waals surface area contributed by atoms with Crippen LogP contribution < -0.4 is 11.6 Å². The number of hydrazine groups is 1. The molecule has 0 aliphatic carbocycles. The summed E-state index contributed by atoms with van der Waals surface area (Å²) >= 11 is 0. The molecule has 0 radical (unpaired) electrons. The van der Waals surface area contributed by atoms with E-state index < -0.39 is 20.7 Å². The molecule has 0 heterocycles. The zero-order chi connectivity index (χ0) is 7.65. The number of nitrogens with zero attached hydrogens (tertiary/aromatic N) is 1. The monoisotopic (exact) mass is 155 g/mol. The van der Waals surface area contributed by atoms with Crippen molar-refractivity contribution in [3.8, 4) is 0 Å². The van der Waals surface area contributed by atoms with E-state index in [1.807, 2.05) is 0 Å². The molecule has 0 rings (SSSR count). The van der Waals surface area contributed by atoms with Gasteiger partial charge in [0.1, 0.15) is 0 Å². The van der Waals surface area contributed by atoms with Gasteiger partial charge in [-0.2, -0.15) is 8.42 Å². The summed E-state index contributed by atoms with van der Waals surface area (Å²) in [5.41, 5.74) is 4.34. The van der Waals surface area contributed by atoms with Crippen LogP contribution in [0.5, 0.6) is 0 Å². The van der Waals surface area contributed by atoms with Crippen LogP contribution in [0.2, 0.25) is 0 Å². The fraction of sp³-hybridized carbons (Fsp3) is 0. The van der Waals surface area contributed by atoms with Gasteiger partial charge in [-0.1, -0.05) is 0 Å². The van der Waals surface area contributed by atoms with Gasteiger partial charge < -0.3 is 5.73 Å². The predicted molar refractivity (Wildman–Crippen MR) is 27.2 cm³/mol. The van der Waals surface area contributed by atoms with Crippen molar-refractivity contribution in [2.75, 3.05) is 0 Å². The molecule has 0 fully saturated rings. The van der Waals surface area contributed by atoms with E-state index in [2.05, 4.69) is 11.6 Å². The Balaban J connectivity index is 4.43. The third-order valence-electron chi connectivity index (χ3n) is 0.466. The Hall–Kier alpha value is -0.860. The molecule has 2 amide bonds. The van der Waals surface area contributed by atoms with Crippen molar-refractivity contribution in [1.29, 1.82) is 0 Å². The van der Waals surface area contributed by atoms with Gasteiger partial charge in [-0.15, -0.1) is 4.41 Å². The average Bonchev–Trinajstić information content (AvgIpc) is 1.62. The van der Waals surface area contributed by atoms with Crippen molar-refractivity contribution < 1.29 is 17.8 Å². The molecule has 9 heavy (non-hydrogen) atoms. The second kappa shape index (κ2) is 2.17. The van der Waals surface area contributed by atoms with E-state index in [9.17, 15) is 13.2 Å². The lowest BCUT2D eigenvalue weighted by Gasteiger charge is -2.06. The fourth-order valence-corrected chi connectivity index (χ4v) is 0.341. The smallest absolute Gasteiger partial charge is 0.349 e. The van der Waals surface area contributed by atoms with Crippen LogP contribution in [0.1, 0.15) is 0 Å². The largest absolute Gasteiger partial charge is 0.377 e. The van der Waals surface area contributed by atoms with E-state index >= 15 is 0 Å². The van der Waals surface area contributed by atoms with E-state index in [1.54, 1.807) is 0 Å². The molecule has 0 saturated carbocycles. The van der Waals surface area contributed by atoms with Crippen LogP contribution in [-0.4, -0.2) is 23.4 Å². The van der Waals surface area contributed by atoms with Gasteiger partial charge in [-0.3, -0.25) is 4.55 Å². The van der Waals surface area contributed by atoms with Gasteiger partial charge in [-0.25, -0.2) is 10.6 Å². The number of nitrogens with two attached hydrogens (primary N) is 2. The van der Waals surface area contributed by atoms with Crippen molar-refractivity contribution in [3.63, 3.8) is 0 Å². The molecule has 0 aromatic heterocycles. The van der Waals surface area contributed by atoms with Crippen LogP contribution in [0.15, 0.2) is 0 Å². The number of hydrogen-bond acceptors (Lipinski definition) is 4. The maximum atomic E-state index is 9.83. The highest BCUT2D eigenvalue weighted by Gasteiger charge is 2.17. The van der Waals surface area contributed by atoms with E-state index in [4.69, 9.17) is 4.55 Å². The highest BCUT2D eigenvalue weighted by atomic mass is 32.2. The summed E-state index contributed by atoms with van der Waals surface area (Å²) in [4.78, 5) is 9.83. The van der Waals surface area contributed by atoms with Crippen LogP contribution in [-0.2, 0) is 10.3 Å². The molecule has 8 heteroatoms. The molecule has 5 N–H and O–H groups in total. The maximum Gasteiger partial charge on any atom is 0.377 e. The van der Waals surface area contributed by atoms with E-state index in [0.717, 1.165) is 0 Å². The summed E-state index contributed by atoms with van der Waals surface area (Å²) in [6, 6.07) is -1.45. The molecule has 0 aliphatic rings. The lowest BCUT2D eigenvalue weighted by Crippen LogP contribution is -2.45. The first kappa shape index (κ1) is 8.14. The summed E-state index contributed by atoms with van der Waals surface area (Å²) in [5, 5.41) is 0. The normalized spacial score (nSPS) is 10.9. The van der Waals surface area contributed by atoms with Gasteiger partial charge in [0.25, 0.3) is 0 Å². The number of hydrogen-bond donors (Lipinski definition) is 3. The number of amides is 2. The zero-order valence-corrected chi connectivity index (χ0v) is 5.00. The first-order valence-corrected chi connectivity index (χ1v) is 3.07. The average molecular weight is 155 g/mol. The van der Waals surface area contributed by atoms with E-state index in [1.165, 1.54) is 0 Å². The molecular formula is CH5N3O4S. The fourth-order valence-electron chi connectivity index (χ4n) is 0.114. The first-order chi connectivity index (χ1) is 3.85. The topological polar surface area (TPSA) is 127 Å². The van der Waals surface area contributed by atoms with Crippen molar-refractivity contribution in [2.45, 2.75) is 0 Å². The quantitative estimate of drug-likeness (QED) is 0.175. The van der Waals surface area contributed by atoms with Gasteiger partial charge in [-0.05, 0) is 0 Å². The second-order valence-electron chi connectivity index (χ2n) is 1.11. The Morgan fingerprint density at radius 3 is 1.89 bits per heavy atom. The summed E-state index contributed by atoms with van der Waals surface area (Å²) in [7, 11) is -4.67. The molecule has 0 unspecified atom stereocenters. The van der Waals surface area contributed by atoms with Crippen LogP contribution in [0.3, 0.4) is 0 Å². The number of carbonyl (C=O) groups is 1. The highest BCUT2D eigenvalue weighted by Crippen LogP contribution is 1.84. The lowest BCUT2D eigenvalue weighted by molar-refractivity contribution is 0.229. The first-order valence-electron chi connectivity index (χ1n) is 1.67. The zero-order valence-electron chi connectivity index (χ0n) is 4.18. The Kier molecular flexibility index (Phi) is 1.96. The minimum atomic E-state index is -4.67. The summed E-state index contributed by atoms with van der Waals surface area (Å²) in [6.45, 7) is 0. The van der Waals surface area contributed by atoms with E-state index in [-0.39, 0.29) is 0 Å². The number of primary amides is 1. The molecule has 0 bridgehead atoms. The Morgan fingerprint density at radius 2 is 1.89 bits per heavy atom. The minimum Gasteiger partial charge on any atom is -0.349 e. The number of carbonyl (C=O) groups excluding carboxylic acids is 1. The van der Waals surface area contributed by atoms with Crippen LogP contribution >= 0.6 is 0 Å². The molecular weight excluding hydrogens is 150 g/mol. The van der Waals surface area contributed by atoms with Crippen LogP contribution in [0.4, 0.5) is 4.79 Å². The number of rotatable bonds is 1. The minimum absolute atomic E-state index is 0.479. The van der Waals surface area contributed by atoms with Crippen LogP contribution in [0, 0.1) is 0 Å². The predicted octanol–water partition coefficient (Wildman–Crippen LogP) is -1.96. The van der Waals surface area contributed by atoms with Gasteiger partial charge in [0, 0.05) is 0 Å². The number of urea groups is 1. The van der Waals surface area contributed by atoms with Crippen molar-refractivity contribution in [3.05, 3.63) is 0 Å². The standard InChI is InChI=1S/CH5N3O4S/c2-1(5)4(3)9(6,7)8/h3H2,(H2,2,5)(H,6,7,8).